The molecule has 0 aliphatic heterocycles. The summed E-state index contributed by atoms with van der Waals surface area (Å²) in [6.07, 6.45) is 0. The first kappa shape index (κ1) is 25.1. The summed E-state index contributed by atoms with van der Waals surface area (Å²) < 4.78 is 15.3. The van der Waals surface area contributed by atoms with Gasteiger partial charge >= 0.3 is 11.8 Å². The standard InChI is InChI=1S/C26H36N5O3/c1-8-31(9-2)19-16-17-22(23(18-19)33-10-3)30(7)27-24(26(32)34-11-4)25-28(5)20-14-12-13-15-21(20)29(25)6/h12-18H,8-11H2,1-7H3/q+1. The van der Waals surface area contributed by atoms with Gasteiger partial charge < -0.3 is 14.4 Å². The number of rotatable bonds is 10. The third kappa shape index (κ3) is 4.85. The van der Waals surface area contributed by atoms with Crippen LogP contribution in [0, 0.1) is 0 Å². The molecule has 0 atom stereocenters. The Morgan fingerprint density at radius 2 is 1.76 bits per heavy atom. The zero-order valence-corrected chi connectivity index (χ0v) is 21.3. The molecule has 1 heterocycles. The topological polar surface area (TPSA) is 63.2 Å². The van der Waals surface area contributed by atoms with Crippen molar-refractivity contribution in [3.8, 4) is 5.75 Å². The lowest BCUT2D eigenvalue weighted by molar-refractivity contribution is -0.646. The highest BCUT2D eigenvalue weighted by molar-refractivity contribution is 6.42. The normalized spacial score (nSPS) is 11.6. The molecule has 34 heavy (non-hydrogen) atoms. The van der Waals surface area contributed by atoms with Gasteiger partial charge in [-0.25, -0.2) is 13.9 Å². The summed E-state index contributed by atoms with van der Waals surface area (Å²) in [5, 5.41) is 6.43. The van der Waals surface area contributed by atoms with Crippen molar-refractivity contribution in [1.82, 2.24) is 4.57 Å². The molecule has 8 heteroatoms. The predicted molar refractivity (Wildman–Crippen MR) is 137 cm³/mol. The number of hydrogen-bond donors (Lipinski definition) is 0. The number of aryl methyl sites for hydroxylation is 2. The second-order valence-electron chi connectivity index (χ2n) is 7.88. The first-order valence-electron chi connectivity index (χ1n) is 11.8. The number of imidazole rings is 1. The summed E-state index contributed by atoms with van der Waals surface area (Å²) in [5.74, 6) is 0.889. The second kappa shape index (κ2) is 11.0. The van der Waals surface area contributed by atoms with Gasteiger partial charge in [-0.15, -0.1) is 0 Å². The summed E-state index contributed by atoms with van der Waals surface area (Å²) in [7, 11) is 5.67. The molecule has 8 nitrogen and oxygen atoms in total. The van der Waals surface area contributed by atoms with Crippen LogP contribution in [0.4, 0.5) is 11.4 Å². The maximum Gasteiger partial charge on any atom is 0.367 e. The van der Waals surface area contributed by atoms with Crippen LogP contribution in [0.1, 0.15) is 33.5 Å². The van der Waals surface area contributed by atoms with E-state index in [0.29, 0.717) is 18.2 Å². The maximum atomic E-state index is 13.1. The summed E-state index contributed by atoms with van der Waals surface area (Å²) in [5.41, 5.74) is 4.07. The maximum absolute atomic E-state index is 13.1. The van der Waals surface area contributed by atoms with E-state index in [1.165, 1.54) is 0 Å². The van der Waals surface area contributed by atoms with Crippen LogP contribution in [-0.2, 0) is 23.6 Å². The van der Waals surface area contributed by atoms with Gasteiger partial charge in [-0.05, 0) is 52.0 Å². The Morgan fingerprint density at radius 1 is 1.06 bits per heavy atom. The smallest absolute Gasteiger partial charge is 0.367 e. The largest absolute Gasteiger partial charge is 0.492 e. The average Bonchev–Trinajstić information content (AvgIpc) is 3.09. The average molecular weight is 467 g/mol. The molecule has 1 aromatic heterocycles. The van der Waals surface area contributed by atoms with Crippen molar-refractivity contribution in [1.29, 1.82) is 0 Å². The van der Waals surface area contributed by atoms with E-state index in [1.54, 1.807) is 11.9 Å². The molecule has 3 aromatic rings. The molecule has 0 bridgehead atoms. The fraction of sp³-hybridized carbons (Fsp3) is 0.423. The highest BCUT2D eigenvalue weighted by atomic mass is 16.5. The molecule has 0 amide bonds. The lowest BCUT2D eigenvalue weighted by Gasteiger charge is -2.24. The van der Waals surface area contributed by atoms with E-state index in [2.05, 4.69) is 24.8 Å². The summed E-state index contributed by atoms with van der Waals surface area (Å²) in [4.78, 5) is 15.3. The zero-order valence-electron chi connectivity index (χ0n) is 21.3. The minimum Gasteiger partial charge on any atom is -0.492 e. The number of fused-ring (bicyclic) bond motifs is 1. The molecular formula is C26H36N5O3+. The number of anilines is 2. The van der Waals surface area contributed by atoms with Crippen LogP contribution in [-0.4, -0.2) is 49.6 Å². The third-order valence-corrected chi connectivity index (χ3v) is 5.89. The molecule has 2 aromatic carbocycles. The monoisotopic (exact) mass is 466 g/mol. The van der Waals surface area contributed by atoms with Crippen molar-refractivity contribution in [3.63, 3.8) is 0 Å². The van der Waals surface area contributed by atoms with Crippen LogP contribution < -0.4 is 19.2 Å². The molecule has 0 spiro atoms. The van der Waals surface area contributed by atoms with Crippen molar-refractivity contribution in [2.75, 3.05) is 43.3 Å². The van der Waals surface area contributed by atoms with Gasteiger partial charge in [0.1, 0.15) is 11.4 Å². The lowest BCUT2D eigenvalue weighted by Crippen LogP contribution is -2.40. The molecule has 0 saturated heterocycles. The van der Waals surface area contributed by atoms with Gasteiger partial charge in [-0.1, -0.05) is 12.1 Å². The van der Waals surface area contributed by atoms with E-state index in [1.807, 2.05) is 73.6 Å². The van der Waals surface area contributed by atoms with Gasteiger partial charge in [0.05, 0.1) is 27.3 Å². The van der Waals surface area contributed by atoms with E-state index in [-0.39, 0.29) is 12.3 Å². The van der Waals surface area contributed by atoms with Gasteiger partial charge in [0, 0.05) is 31.9 Å². The van der Waals surface area contributed by atoms with Gasteiger partial charge in [0.25, 0.3) is 5.71 Å². The predicted octanol–water partition coefficient (Wildman–Crippen LogP) is 3.65. The molecule has 0 saturated carbocycles. The Labute approximate surface area is 202 Å². The first-order valence-corrected chi connectivity index (χ1v) is 11.8. The number of hydrazone groups is 1. The number of benzene rings is 2. The van der Waals surface area contributed by atoms with Crippen molar-refractivity contribution >= 4 is 34.1 Å². The Kier molecular flexibility index (Phi) is 8.15. The molecular weight excluding hydrogens is 430 g/mol. The Bertz CT molecular complexity index is 1140. The summed E-state index contributed by atoms with van der Waals surface area (Å²) in [6.45, 7) is 10.6. The number of esters is 1. The summed E-state index contributed by atoms with van der Waals surface area (Å²) in [6, 6.07) is 14.0. The Hall–Kier alpha value is -3.55. The number of ether oxygens (including phenoxy) is 2. The minimum atomic E-state index is -0.478. The summed E-state index contributed by atoms with van der Waals surface area (Å²) >= 11 is 0. The molecule has 3 rings (SSSR count). The fourth-order valence-electron chi connectivity index (χ4n) is 4.21. The number of carbonyl (C=O) groups excluding carboxylic acids is 1. The molecule has 0 aliphatic rings. The van der Waals surface area contributed by atoms with Gasteiger partial charge in [0.2, 0.25) is 0 Å². The molecule has 0 fully saturated rings. The van der Waals surface area contributed by atoms with E-state index in [4.69, 9.17) is 14.6 Å². The van der Waals surface area contributed by atoms with E-state index < -0.39 is 5.97 Å². The van der Waals surface area contributed by atoms with Gasteiger partial charge in [0.15, 0.2) is 11.0 Å². The number of nitrogens with zero attached hydrogens (tertiary/aromatic N) is 5. The third-order valence-electron chi connectivity index (χ3n) is 5.89. The number of carbonyl (C=O) groups is 1. The second-order valence-corrected chi connectivity index (χ2v) is 7.88. The van der Waals surface area contributed by atoms with Crippen molar-refractivity contribution < 1.29 is 18.8 Å². The highest BCUT2D eigenvalue weighted by Gasteiger charge is 2.32. The first-order chi connectivity index (χ1) is 16.4. The highest BCUT2D eigenvalue weighted by Crippen LogP contribution is 2.33. The number of hydrogen-bond acceptors (Lipinski definition) is 6. The molecule has 0 unspecified atom stereocenters. The van der Waals surface area contributed by atoms with Crippen LogP contribution in [0.3, 0.4) is 0 Å². The van der Waals surface area contributed by atoms with Crippen LogP contribution in [0.15, 0.2) is 47.6 Å². The molecule has 0 radical (unpaired) electrons. The molecule has 0 N–H and O–H groups in total. The number of aromatic nitrogens is 2. The quantitative estimate of drug-likeness (QED) is 0.198. The lowest BCUT2D eigenvalue weighted by atomic mass is 10.2. The van der Waals surface area contributed by atoms with E-state index >= 15 is 0 Å². The van der Waals surface area contributed by atoms with Crippen molar-refractivity contribution in [2.24, 2.45) is 19.2 Å². The fourth-order valence-corrected chi connectivity index (χ4v) is 4.21. The molecule has 182 valence electrons. The Balaban J connectivity index is 2.14. The SMILES string of the molecule is CCOC(=O)/C(=N\N(C)c1ccc(N(CC)CC)cc1OCC)c1n(C)c2ccccc2[n+]1C. The Morgan fingerprint density at radius 3 is 2.38 bits per heavy atom. The number of para-hydroxylation sites is 2. The van der Waals surface area contributed by atoms with Crippen LogP contribution in [0.2, 0.25) is 0 Å². The zero-order chi connectivity index (χ0) is 24.8. The van der Waals surface area contributed by atoms with Crippen LogP contribution in [0.25, 0.3) is 11.0 Å². The van der Waals surface area contributed by atoms with E-state index in [9.17, 15) is 4.79 Å². The van der Waals surface area contributed by atoms with Gasteiger partial charge in [-0.2, -0.15) is 5.10 Å². The minimum absolute atomic E-state index is 0.223. The van der Waals surface area contributed by atoms with Gasteiger partial charge in [-0.3, -0.25) is 5.01 Å². The van der Waals surface area contributed by atoms with Crippen molar-refractivity contribution in [3.05, 3.63) is 48.3 Å². The van der Waals surface area contributed by atoms with Crippen LogP contribution in [0.5, 0.6) is 5.75 Å². The van der Waals surface area contributed by atoms with E-state index in [0.717, 1.165) is 35.5 Å². The molecule has 0 aliphatic carbocycles. The van der Waals surface area contributed by atoms with Crippen molar-refractivity contribution in [2.45, 2.75) is 27.7 Å². The van der Waals surface area contributed by atoms with Crippen LogP contribution >= 0.6 is 0 Å².